The summed E-state index contributed by atoms with van der Waals surface area (Å²) in [5.74, 6) is 0.530. The van der Waals surface area contributed by atoms with E-state index in [4.69, 9.17) is 5.73 Å². The molecule has 0 spiro atoms. The average Bonchev–Trinajstić information content (AvgIpc) is 2.80. The first-order chi connectivity index (χ1) is 8.81. The summed E-state index contributed by atoms with van der Waals surface area (Å²) in [6.07, 6.45) is 5.47. The number of fused-ring (bicyclic) bond motifs is 1. The van der Waals surface area contributed by atoms with E-state index in [1.807, 2.05) is 0 Å². The molecule has 3 rings (SSSR count). The van der Waals surface area contributed by atoms with Crippen LogP contribution in [0.5, 0.6) is 0 Å². The molecule has 0 saturated carbocycles. The third-order valence-corrected chi connectivity index (χ3v) is 3.26. The van der Waals surface area contributed by atoms with E-state index in [0.29, 0.717) is 12.5 Å². The van der Waals surface area contributed by atoms with Gasteiger partial charge in [-0.1, -0.05) is 0 Å². The van der Waals surface area contributed by atoms with E-state index in [2.05, 4.69) is 15.1 Å². The predicted octanol–water partition coefficient (Wildman–Crippen LogP) is 0.491. The molecule has 94 valence electrons. The molecule has 0 bridgehead atoms. The zero-order valence-electron chi connectivity index (χ0n) is 9.95. The molecule has 6 heteroatoms. The summed E-state index contributed by atoms with van der Waals surface area (Å²) in [6, 6.07) is 1.76. The van der Waals surface area contributed by atoms with Gasteiger partial charge in [-0.25, -0.2) is 14.6 Å². The molecular formula is C12H15N5O. The maximum Gasteiger partial charge on any atom is 0.250 e. The van der Waals surface area contributed by atoms with Crippen LogP contribution in [0.1, 0.15) is 35.9 Å². The zero-order chi connectivity index (χ0) is 12.5. The lowest BCUT2D eigenvalue weighted by molar-refractivity contribution is 0.155. The lowest BCUT2D eigenvalue weighted by atomic mass is 9.93. The molecule has 2 heterocycles. The summed E-state index contributed by atoms with van der Waals surface area (Å²) in [5, 5.41) is 14.5. The van der Waals surface area contributed by atoms with Crippen LogP contribution in [0.25, 0.3) is 5.95 Å². The molecule has 0 aliphatic heterocycles. The van der Waals surface area contributed by atoms with Crippen LogP contribution < -0.4 is 5.73 Å². The smallest absolute Gasteiger partial charge is 0.250 e. The van der Waals surface area contributed by atoms with Gasteiger partial charge in [-0.3, -0.25) is 0 Å². The van der Waals surface area contributed by atoms with Crippen molar-refractivity contribution in [1.82, 2.24) is 19.7 Å². The van der Waals surface area contributed by atoms with Crippen molar-refractivity contribution < 1.29 is 5.11 Å². The van der Waals surface area contributed by atoms with Crippen LogP contribution in [0.2, 0.25) is 0 Å². The molecular weight excluding hydrogens is 230 g/mol. The molecule has 0 radical (unpaired) electrons. The predicted molar refractivity (Wildman–Crippen MR) is 64.9 cm³/mol. The van der Waals surface area contributed by atoms with Gasteiger partial charge in [0.05, 0.1) is 17.5 Å². The molecule has 3 N–H and O–H groups in total. The number of rotatable bonds is 2. The normalized spacial score (nSPS) is 18.7. The van der Waals surface area contributed by atoms with Crippen molar-refractivity contribution in [2.75, 3.05) is 0 Å². The minimum Gasteiger partial charge on any atom is -0.388 e. The van der Waals surface area contributed by atoms with Crippen LogP contribution in [0.3, 0.4) is 0 Å². The van der Waals surface area contributed by atoms with E-state index >= 15 is 0 Å². The highest BCUT2D eigenvalue weighted by Crippen LogP contribution is 2.32. The van der Waals surface area contributed by atoms with Crippen molar-refractivity contribution in [2.45, 2.75) is 31.9 Å². The minimum absolute atomic E-state index is 0.319. The fourth-order valence-electron chi connectivity index (χ4n) is 2.46. The largest absolute Gasteiger partial charge is 0.388 e. The molecule has 18 heavy (non-hydrogen) atoms. The number of aromatic nitrogens is 4. The Morgan fingerprint density at radius 2 is 2.17 bits per heavy atom. The molecule has 0 aromatic carbocycles. The van der Waals surface area contributed by atoms with Gasteiger partial charge in [-0.15, -0.1) is 0 Å². The Morgan fingerprint density at radius 3 is 2.89 bits per heavy atom. The summed E-state index contributed by atoms with van der Waals surface area (Å²) in [7, 11) is 0. The van der Waals surface area contributed by atoms with Crippen molar-refractivity contribution in [2.24, 2.45) is 5.73 Å². The van der Waals surface area contributed by atoms with Crippen molar-refractivity contribution >= 4 is 0 Å². The molecule has 0 amide bonds. The van der Waals surface area contributed by atoms with Crippen LogP contribution in [-0.4, -0.2) is 24.9 Å². The summed E-state index contributed by atoms with van der Waals surface area (Å²) in [6.45, 7) is 0.319. The molecule has 2 aromatic heterocycles. The number of hydrogen-bond acceptors (Lipinski definition) is 5. The fourth-order valence-corrected chi connectivity index (χ4v) is 2.46. The lowest BCUT2D eigenvalue weighted by Gasteiger charge is -2.18. The molecule has 1 aliphatic carbocycles. The zero-order valence-corrected chi connectivity index (χ0v) is 9.95. The first-order valence-electron chi connectivity index (χ1n) is 6.07. The van der Waals surface area contributed by atoms with Crippen molar-refractivity contribution in [3.63, 3.8) is 0 Å². The second-order valence-corrected chi connectivity index (χ2v) is 4.38. The van der Waals surface area contributed by atoms with Gasteiger partial charge in [0.1, 0.15) is 0 Å². The fraction of sp³-hybridized carbons (Fsp3) is 0.417. The summed E-state index contributed by atoms with van der Waals surface area (Å²) >= 11 is 0. The van der Waals surface area contributed by atoms with Gasteiger partial charge in [0.2, 0.25) is 0 Å². The van der Waals surface area contributed by atoms with Crippen LogP contribution in [0.4, 0.5) is 0 Å². The van der Waals surface area contributed by atoms with E-state index in [-0.39, 0.29) is 0 Å². The van der Waals surface area contributed by atoms with Crippen molar-refractivity contribution in [3.05, 3.63) is 35.4 Å². The van der Waals surface area contributed by atoms with Gasteiger partial charge in [0, 0.05) is 24.5 Å². The monoisotopic (exact) mass is 245 g/mol. The van der Waals surface area contributed by atoms with Gasteiger partial charge < -0.3 is 10.8 Å². The van der Waals surface area contributed by atoms with Gasteiger partial charge in [0.25, 0.3) is 5.95 Å². The number of aliphatic hydroxyl groups is 1. The maximum absolute atomic E-state index is 10.1. The molecule has 1 aliphatic rings. The lowest BCUT2D eigenvalue weighted by Crippen LogP contribution is -2.13. The van der Waals surface area contributed by atoms with Gasteiger partial charge in [0.15, 0.2) is 0 Å². The van der Waals surface area contributed by atoms with Crippen LogP contribution in [0, 0.1) is 0 Å². The maximum atomic E-state index is 10.1. The van der Waals surface area contributed by atoms with E-state index < -0.39 is 6.10 Å². The van der Waals surface area contributed by atoms with E-state index in [0.717, 1.165) is 36.2 Å². The Balaban J connectivity index is 2.17. The Kier molecular flexibility index (Phi) is 2.81. The average molecular weight is 245 g/mol. The number of nitrogens with zero attached hydrogens (tertiary/aromatic N) is 4. The Hall–Kier alpha value is -1.79. The minimum atomic E-state index is -0.468. The topological polar surface area (TPSA) is 89.9 Å². The third-order valence-electron chi connectivity index (χ3n) is 3.26. The Morgan fingerprint density at radius 1 is 1.39 bits per heavy atom. The number of hydrogen-bond donors (Lipinski definition) is 2. The highest BCUT2D eigenvalue weighted by molar-refractivity contribution is 5.34. The second kappa shape index (κ2) is 4.47. The highest BCUT2D eigenvalue weighted by Gasteiger charge is 2.27. The molecule has 6 nitrogen and oxygen atoms in total. The Labute approximate surface area is 104 Å². The van der Waals surface area contributed by atoms with Gasteiger partial charge >= 0.3 is 0 Å². The number of aliphatic hydroxyl groups excluding tert-OH is 1. The summed E-state index contributed by atoms with van der Waals surface area (Å²) < 4.78 is 1.71. The van der Waals surface area contributed by atoms with Gasteiger partial charge in [-0.2, -0.15) is 5.10 Å². The first kappa shape index (κ1) is 11.3. The van der Waals surface area contributed by atoms with E-state index in [1.165, 1.54) is 0 Å². The van der Waals surface area contributed by atoms with Gasteiger partial charge in [-0.05, 0) is 25.3 Å². The Bertz CT molecular complexity index is 551. The van der Waals surface area contributed by atoms with Crippen LogP contribution in [0.15, 0.2) is 18.5 Å². The summed E-state index contributed by atoms with van der Waals surface area (Å²) in [4.78, 5) is 8.39. The molecule has 0 saturated heterocycles. The quantitative estimate of drug-likeness (QED) is 0.803. The second-order valence-electron chi connectivity index (χ2n) is 4.38. The molecule has 1 atom stereocenters. The van der Waals surface area contributed by atoms with E-state index in [1.54, 1.807) is 23.1 Å². The molecule has 1 unspecified atom stereocenters. The first-order valence-corrected chi connectivity index (χ1v) is 6.07. The third kappa shape index (κ3) is 1.70. The standard InChI is InChI=1S/C12H15N5O/c13-7-8-11-9(3-1-4-10(11)18)17(16-8)12-14-5-2-6-15-12/h2,5-6,10,18H,1,3-4,7,13H2. The highest BCUT2D eigenvalue weighted by atomic mass is 16.3. The summed E-state index contributed by atoms with van der Waals surface area (Å²) in [5.41, 5.74) is 8.30. The number of nitrogens with two attached hydrogens (primary N) is 1. The van der Waals surface area contributed by atoms with Crippen molar-refractivity contribution in [3.8, 4) is 5.95 Å². The van der Waals surface area contributed by atoms with Crippen LogP contribution in [-0.2, 0) is 13.0 Å². The van der Waals surface area contributed by atoms with Crippen LogP contribution >= 0.6 is 0 Å². The van der Waals surface area contributed by atoms with E-state index in [9.17, 15) is 5.11 Å². The van der Waals surface area contributed by atoms with Crippen molar-refractivity contribution in [1.29, 1.82) is 0 Å². The molecule has 2 aromatic rings. The molecule has 0 fully saturated rings. The SMILES string of the molecule is NCc1nn(-c2ncccn2)c2c1C(O)CCC2.